The monoisotopic (exact) mass is 280 g/mol. The van der Waals surface area contributed by atoms with E-state index in [1.54, 1.807) is 6.92 Å². The molecule has 6 nitrogen and oxygen atoms in total. The fraction of sp³-hybridized carbons (Fsp3) is 0.583. The fourth-order valence-electron chi connectivity index (χ4n) is 1.88. The Balaban J connectivity index is 1.80. The third kappa shape index (κ3) is 3.43. The molecule has 0 radical (unpaired) electrons. The minimum absolute atomic E-state index is 0.121. The van der Waals surface area contributed by atoms with Gasteiger partial charge in [0.2, 0.25) is 5.91 Å². The van der Waals surface area contributed by atoms with Crippen LogP contribution in [0.5, 0.6) is 0 Å². The third-order valence-corrected chi connectivity index (χ3v) is 3.86. The number of amides is 1. The van der Waals surface area contributed by atoms with Crippen molar-refractivity contribution < 1.29 is 9.53 Å². The quantitative estimate of drug-likeness (QED) is 0.889. The molecule has 1 aromatic rings. The summed E-state index contributed by atoms with van der Waals surface area (Å²) in [6, 6.07) is 2.12. The van der Waals surface area contributed by atoms with Crippen molar-refractivity contribution in [2.75, 3.05) is 38.2 Å². The van der Waals surface area contributed by atoms with Crippen molar-refractivity contribution in [3.8, 4) is 6.07 Å². The molecule has 1 saturated heterocycles. The molecular weight excluding hydrogens is 264 g/mol. The lowest BCUT2D eigenvalue weighted by molar-refractivity contribution is -0.134. The molecule has 19 heavy (non-hydrogen) atoms. The summed E-state index contributed by atoms with van der Waals surface area (Å²) >= 11 is 1.26. The maximum absolute atomic E-state index is 11.9. The van der Waals surface area contributed by atoms with Crippen molar-refractivity contribution in [3.63, 3.8) is 0 Å². The van der Waals surface area contributed by atoms with Crippen LogP contribution in [0.3, 0.4) is 0 Å². The van der Waals surface area contributed by atoms with Gasteiger partial charge < -0.3 is 15.0 Å². The minimum Gasteiger partial charge on any atom is -0.378 e. The zero-order valence-electron chi connectivity index (χ0n) is 10.8. The predicted octanol–water partition coefficient (Wildman–Crippen LogP) is 0.984. The Labute approximate surface area is 116 Å². The number of morpholine rings is 1. The largest absolute Gasteiger partial charge is 0.378 e. The van der Waals surface area contributed by atoms with Gasteiger partial charge in [-0.25, -0.2) is 0 Å². The Morgan fingerprint density at radius 1 is 1.58 bits per heavy atom. The second-order valence-corrected chi connectivity index (χ2v) is 5.03. The average molecular weight is 280 g/mol. The highest BCUT2D eigenvalue weighted by Gasteiger charge is 2.16. The van der Waals surface area contributed by atoms with E-state index in [1.165, 1.54) is 11.5 Å². The number of anilines is 1. The lowest BCUT2D eigenvalue weighted by Crippen LogP contribution is -2.41. The van der Waals surface area contributed by atoms with E-state index in [9.17, 15) is 4.79 Å². The summed E-state index contributed by atoms with van der Waals surface area (Å²) in [5.41, 5.74) is 1.30. The van der Waals surface area contributed by atoms with E-state index in [4.69, 9.17) is 10.00 Å². The van der Waals surface area contributed by atoms with Crippen molar-refractivity contribution in [1.29, 1.82) is 5.26 Å². The van der Waals surface area contributed by atoms with Crippen molar-refractivity contribution in [3.05, 3.63) is 11.3 Å². The number of nitrogens with one attached hydrogen (secondary N) is 1. The second kappa shape index (κ2) is 6.50. The molecule has 0 unspecified atom stereocenters. The molecule has 1 aromatic heterocycles. The van der Waals surface area contributed by atoms with E-state index in [-0.39, 0.29) is 5.91 Å². The van der Waals surface area contributed by atoms with Gasteiger partial charge in [0.05, 0.1) is 18.9 Å². The van der Waals surface area contributed by atoms with Gasteiger partial charge in [-0.05, 0) is 18.5 Å². The van der Waals surface area contributed by atoms with E-state index in [1.807, 2.05) is 4.90 Å². The van der Waals surface area contributed by atoms with Gasteiger partial charge in [0.15, 0.2) is 0 Å². The third-order valence-electron chi connectivity index (χ3n) is 2.96. The van der Waals surface area contributed by atoms with E-state index in [0.29, 0.717) is 44.8 Å². The molecule has 1 aliphatic rings. The maximum atomic E-state index is 11.9. The molecule has 0 aromatic carbocycles. The number of nitrogens with zero attached hydrogens (tertiary/aromatic N) is 3. The van der Waals surface area contributed by atoms with Crippen LogP contribution in [0.25, 0.3) is 0 Å². The van der Waals surface area contributed by atoms with Crippen LogP contribution in [0.2, 0.25) is 0 Å². The lowest BCUT2D eigenvalue weighted by atomic mass is 10.2. The molecule has 2 heterocycles. The summed E-state index contributed by atoms with van der Waals surface area (Å²) in [5.74, 6) is 0.121. The second-order valence-electron chi connectivity index (χ2n) is 4.25. The molecule has 1 aliphatic heterocycles. The van der Waals surface area contributed by atoms with Crippen molar-refractivity contribution in [1.82, 2.24) is 9.27 Å². The SMILES string of the molecule is Cc1nsc(NCCC(=O)N2CCOCC2)c1C#N. The molecule has 102 valence electrons. The number of aromatic nitrogens is 1. The van der Waals surface area contributed by atoms with Crippen LogP contribution in [-0.4, -0.2) is 48.0 Å². The molecule has 0 saturated carbocycles. The van der Waals surface area contributed by atoms with E-state index in [2.05, 4.69) is 15.8 Å². The molecule has 0 atom stereocenters. The normalized spacial score (nSPS) is 15.1. The number of nitriles is 1. The molecule has 1 N–H and O–H groups in total. The number of carbonyl (C=O) groups is 1. The van der Waals surface area contributed by atoms with E-state index >= 15 is 0 Å². The summed E-state index contributed by atoms with van der Waals surface area (Å²) < 4.78 is 9.32. The number of hydrogen-bond donors (Lipinski definition) is 1. The summed E-state index contributed by atoms with van der Waals surface area (Å²) in [4.78, 5) is 13.7. The summed E-state index contributed by atoms with van der Waals surface area (Å²) in [6.07, 6.45) is 0.418. The van der Waals surface area contributed by atoms with Gasteiger partial charge in [0, 0.05) is 26.1 Å². The molecule has 0 bridgehead atoms. The first-order valence-corrected chi connectivity index (χ1v) is 6.95. The highest BCUT2D eigenvalue weighted by atomic mass is 32.1. The van der Waals surface area contributed by atoms with Crippen molar-refractivity contribution in [2.45, 2.75) is 13.3 Å². The van der Waals surface area contributed by atoms with Gasteiger partial charge >= 0.3 is 0 Å². The minimum atomic E-state index is 0.121. The van der Waals surface area contributed by atoms with Crippen LogP contribution in [0.4, 0.5) is 5.00 Å². The van der Waals surface area contributed by atoms with Crippen LogP contribution in [0.1, 0.15) is 17.7 Å². The van der Waals surface area contributed by atoms with Gasteiger partial charge in [-0.3, -0.25) is 4.79 Å². The molecule has 2 rings (SSSR count). The molecule has 1 amide bonds. The molecule has 0 spiro atoms. The van der Waals surface area contributed by atoms with Crippen LogP contribution >= 0.6 is 11.5 Å². The highest BCUT2D eigenvalue weighted by molar-refractivity contribution is 7.10. The summed E-state index contributed by atoms with van der Waals surface area (Å²) in [6.45, 7) is 4.90. The number of hydrogen-bond acceptors (Lipinski definition) is 6. The van der Waals surface area contributed by atoms with Gasteiger partial charge in [0.25, 0.3) is 0 Å². The lowest BCUT2D eigenvalue weighted by Gasteiger charge is -2.26. The zero-order chi connectivity index (χ0) is 13.7. The number of aryl methyl sites for hydroxylation is 1. The molecule has 7 heteroatoms. The Morgan fingerprint density at radius 3 is 3.00 bits per heavy atom. The van der Waals surface area contributed by atoms with Crippen LogP contribution < -0.4 is 5.32 Å². The van der Waals surface area contributed by atoms with E-state index in [0.717, 1.165) is 10.7 Å². The fourth-order valence-corrected chi connectivity index (χ4v) is 2.65. The van der Waals surface area contributed by atoms with E-state index < -0.39 is 0 Å². The average Bonchev–Trinajstić information content (AvgIpc) is 2.80. The van der Waals surface area contributed by atoms with Gasteiger partial charge in [-0.15, -0.1) is 0 Å². The Hall–Kier alpha value is -1.65. The number of ether oxygens (including phenoxy) is 1. The van der Waals surface area contributed by atoms with Crippen molar-refractivity contribution in [2.24, 2.45) is 0 Å². The molecule has 0 aliphatic carbocycles. The Kier molecular flexibility index (Phi) is 4.71. The van der Waals surface area contributed by atoms with Gasteiger partial charge in [-0.2, -0.15) is 9.64 Å². The zero-order valence-corrected chi connectivity index (χ0v) is 11.6. The van der Waals surface area contributed by atoms with Gasteiger partial charge in [0.1, 0.15) is 16.6 Å². The first kappa shape index (κ1) is 13.8. The topological polar surface area (TPSA) is 78.2 Å². The Bertz CT molecular complexity index is 488. The standard InChI is InChI=1S/C12H16N4O2S/c1-9-10(8-13)12(19-15-9)14-3-2-11(17)16-4-6-18-7-5-16/h14H,2-7H2,1H3. The number of rotatable bonds is 4. The molecule has 1 fully saturated rings. The summed E-state index contributed by atoms with van der Waals surface area (Å²) in [7, 11) is 0. The van der Waals surface area contributed by atoms with Gasteiger partial charge in [-0.1, -0.05) is 0 Å². The van der Waals surface area contributed by atoms with Crippen LogP contribution in [-0.2, 0) is 9.53 Å². The van der Waals surface area contributed by atoms with Crippen LogP contribution in [0.15, 0.2) is 0 Å². The first-order valence-electron chi connectivity index (χ1n) is 6.18. The number of carbonyl (C=O) groups excluding carboxylic acids is 1. The maximum Gasteiger partial charge on any atom is 0.224 e. The highest BCUT2D eigenvalue weighted by Crippen LogP contribution is 2.23. The smallest absolute Gasteiger partial charge is 0.224 e. The first-order chi connectivity index (χ1) is 9.22. The predicted molar refractivity (Wildman–Crippen MR) is 72.1 cm³/mol. The van der Waals surface area contributed by atoms with Crippen LogP contribution in [0, 0.1) is 18.3 Å². The molecular formula is C12H16N4O2S. The Morgan fingerprint density at radius 2 is 2.32 bits per heavy atom. The summed E-state index contributed by atoms with van der Waals surface area (Å²) in [5, 5.41) is 12.8. The van der Waals surface area contributed by atoms with Crippen molar-refractivity contribution >= 4 is 22.4 Å².